The van der Waals surface area contributed by atoms with Crippen molar-refractivity contribution in [1.29, 1.82) is 0 Å². The lowest BCUT2D eigenvalue weighted by Gasteiger charge is -2.24. The number of Topliss-reactive ketones (excluding diaryl/α,β-unsaturated/α-hetero) is 1. The number of rotatable bonds is 2. The van der Waals surface area contributed by atoms with Crippen LogP contribution < -0.4 is 0 Å². The summed E-state index contributed by atoms with van der Waals surface area (Å²) in [5.41, 5.74) is 2.79. The van der Waals surface area contributed by atoms with Gasteiger partial charge in [0.2, 0.25) is 0 Å². The molecule has 0 aromatic rings. The molecule has 0 aromatic carbocycles. The first-order valence-corrected chi connectivity index (χ1v) is 9.31. The topological polar surface area (TPSA) is 17.1 Å². The Morgan fingerprint density at radius 1 is 0.857 bits per heavy atom. The van der Waals surface area contributed by atoms with Gasteiger partial charge in [-0.1, -0.05) is 71.8 Å². The molecule has 0 N–H and O–H groups in total. The number of hydrogen-bond donors (Lipinski definition) is 0. The lowest BCUT2D eigenvalue weighted by Crippen LogP contribution is -2.24. The van der Waals surface area contributed by atoms with Gasteiger partial charge in [0, 0.05) is 5.92 Å². The molecule has 2 atom stereocenters. The van der Waals surface area contributed by atoms with Gasteiger partial charge in [-0.15, -0.1) is 0 Å². The van der Waals surface area contributed by atoms with Crippen LogP contribution in [0.4, 0.5) is 0 Å². The van der Waals surface area contributed by atoms with Crippen LogP contribution in [0.1, 0.15) is 85.5 Å². The summed E-state index contributed by atoms with van der Waals surface area (Å²) < 4.78 is 0. The van der Waals surface area contributed by atoms with E-state index in [2.05, 4.69) is 27.7 Å². The van der Waals surface area contributed by atoms with Crippen molar-refractivity contribution >= 4 is 5.78 Å². The van der Waals surface area contributed by atoms with Crippen molar-refractivity contribution in [3.05, 3.63) is 11.1 Å². The predicted molar refractivity (Wildman–Crippen MR) is 90.2 cm³/mol. The summed E-state index contributed by atoms with van der Waals surface area (Å²) in [5.74, 6) is 2.23. The Morgan fingerprint density at radius 2 is 1.43 bits per heavy atom. The molecule has 1 nitrogen and oxygen atoms in total. The van der Waals surface area contributed by atoms with Crippen molar-refractivity contribution in [3.8, 4) is 0 Å². The van der Waals surface area contributed by atoms with Crippen LogP contribution in [-0.2, 0) is 4.79 Å². The number of ketones is 1. The smallest absolute Gasteiger partial charge is 0.163 e. The molecule has 21 heavy (non-hydrogen) atoms. The zero-order valence-corrected chi connectivity index (χ0v) is 14.6. The number of carbonyl (C=O) groups excluding carboxylic acids is 1. The molecule has 2 aliphatic rings. The van der Waals surface area contributed by atoms with Crippen LogP contribution >= 0.6 is 0 Å². The average molecular weight is 290 g/mol. The lowest BCUT2D eigenvalue weighted by atomic mass is 9.78. The van der Waals surface area contributed by atoms with E-state index in [1.54, 1.807) is 5.57 Å². The summed E-state index contributed by atoms with van der Waals surface area (Å²) in [5, 5.41) is 0. The molecule has 0 spiro atoms. The molecular weight excluding hydrogens is 256 g/mol. The minimum Gasteiger partial charge on any atom is -0.294 e. The zero-order valence-electron chi connectivity index (χ0n) is 14.6. The van der Waals surface area contributed by atoms with Crippen LogP contribution in [0, 0.1) is 23.7 Å². The Morgan fingerprint density at radius 3 is 2.00 bits per heavy atom. The van der Waals surface area contributed by atoms with Gasteiger partial charge in [0.15, 0.2) is 5.78 Å². The zero-order chi connectivity index (χ0) is 15.4. The fourth-order valence-corrected chi connectivity index (χ4v) is 4.60. The molecule has 0 bridgehead atoms. The molecule has 0 aromatic heterocycles. The van der Waals surface area contributed by atoms with Crippen LogP contribution in [0.3, 0.4) is 0 Å². The van der Waals surface area contributed by atoms with Crippen LogP contribution in [0.25, 0.3) is 0 Å². The van der Waals surface area contributed by atoms with Crippen LogP contribution in [-0.4, -0.2) is 5.78 Å². The maximum atomic E-state index is 13.0. The summed E-state index contributed by atoms with van der Waals surface area (Å²) in [6, 6.07) is 0. The number of carbonyl (C=O) groups is 1. The van der Waals surface area contributed by atoms with E-state index in [0.29, 0.717) is 23.5 Å². The Hall–Kier alpha value is -0.590. The molecule has 0 radical (unpaired) electrons. The highest BCUT2D eigenvalue weighted by Crippen LogP contribution is 2.46. The Kier molecular flexibility index (Phi) is 6.08. The third-order valence-electron chi connectivity index (χ3n) is 5.55. The molecular formula is C20H34O. The molecule has 120 valence electrons. The fraction of sp³-hybridized carbons (Fsp3) is 0.850. The maximum Gasteiger partial charge on any atom is 0.163 e. The molecule has 2 aliphatic carbocycles. The molecule has 1 saturated carbocycles. The standard InChI is InChI=1S/C20H34O/c1-14(2)18-16-12-10-8-6-5-7-9-11-13-17(16)19(15(3)4)20(18)21/h14-16,18H,5-13H2,1-4H3. The minimum atomic E-state index is 0.276. The first-order chi connectivity index (χ1) is 10.0. The van der Waals surface area contributed by atoms with E-state index in [9.17, 15) is 4.79 Å². The van der Waals surface area contributed by atoms with Crippen LogP contribution in [0.2, 0.25) is 0 Å². The molecule has 0 heterocycles. The van der Waals surface area contributed by atoms with Gasteiger partial charge in [-0.25, -0.2) is 0 Å². The predicted octanol–water partition coefficient (Wildman–Crippen LogP) is 5.93. The monoisotopic (exact) mass is 290 g/mol. The molecule has 2 rings (SSSR count). The van der Waals surface area contributed by atoms with Crippen molar-refractivity contribution in [2.75, 3.05) is 0 Å². The molecule has 0 amide bonds. The first kappa shape index (κ1) is 16.8. The van der Waals surface area contributed by atoms with E-state index >= 15 is 0 Å². The van der Waals surface area contributed by atoms with Gasteiger partial charge in [-0.05, 0) is 42.6 Å². The average Bonchev–Trinajstić information content (AvgIpc) is 2.65. The van der Waals surface area contributed by atoms with E-state index in [0.717, 1.165) is 0 Å². The maximum absolute atomic E-state index is 13.0. The number of fused-ring (bicyclic) bond motifs is 1. The quantitative estimate of drug-likeness (QED) is 0.615. The van der Waals surface area contributed by atoms with Gasteiger partial charge in [-0.2, -0.15) is 0 Å². The summed E-state index contributed by atoms with van der Waals surface area (Å²) in [6.07, 6.45) is 11.9. The molecule has 0 aliphatic heterocycles. The van der Waals surface area contributed by atoms with Crippen molar-refractivity contribution in [2.45, 2.75) is 85.5 Å². The van der Waals surface area contributed by atoms with Crippen LogP contribution in [0.5, 0.6) is 0 Å². The van der Waals surface area contributed by atoms with E-state index in [1.165, 1.54) is 63.4 Å². The van der Waals surface area contributed by atoms with Crippen molar-refractivity contribution < 1.29 is 4.79 Å². The molecule has 2 unspecified atom stereocenters. The third-order valence-corrected chi connectivity index (χ3v) is 5.55. The highest BCUT2D eigenvalue weighted by molar-refractivity contribution is 6.01. The highest BCUT2D eigenvalue weighted by atomic mass is 16.1. The van der Waals surface area contributed by atoms with E-state index in [-0.39, 0.29) is 5.92 Å². The minimum absolute atomic E-state index is 0.276. The van der Waals surface area contributed by atoms with Gasteiger partial charge in [-0.3, -0.25) is 4.79 Å². The normalized spacial score (nSPS) is 29.0. The van der Waals surface area contributed by atoms with Crippen molar-refractivity contribution in [1.82, 2.24) is 0 Å². The number of allylic oxidation sites excluding steroid dienone is 2. The fourth-order valence-electron chi connectivity index (χ4n) is 4.60. The molecule has 1 fully saturated rings. The molecule has 1 heteroatoms. The SMILES string of the molecule is CC(C)C1=C2CCCCCCCCCC2C(C(C)C)C1=O. The summed E-state index contributed by atoms with van der Waals surface area (Å²) >= 11 is 0. The Bertz CT molecular complexity index is 389. The lowest BCUT2D eigenvalue weighted by molar-refractivity contribution is -0.121. The second-order valence-corrected chi connectivity index (χ2v) is 7.85. The van der Waals surface area contributed by atoms with Crippen molar-refractivity contribution in [3.63, 3.8) is 0 Å². The largest absolute Gasteiger partial charge is 0.294 e. The number of hydrogen-bond acceptors (Lipinski definition) is 1. The van der Waals surface area contributed by atoms with Gasteiger partial charge in [0.05, 0.1) is 0 Å². The van der Waals surface area contributed by atoms with Gasteiger partial charge < -0.3 is 0 Å². The van der Waals surface area contributed by atoms with Gasteiger partial charge >= 0.3 is 0 Å². The second kappa shape index (κ2) is 7.61. The van der Waals surface area contributed by atoms with E-state index in [1.807, 2.05) is 0 Å². The summed E-state index contributed by atoms with van der Waals surface area (Å²) in [7, 11) is 0. The summed E-state index contributed by atoms with van der Waals surface area (Å²) in [6.45, 7) is 8.92. The van der Waals surface area contributed by atoms with Crippen LogP contribution in [0.15, 0.2) is 11.1 Å². The highest BCUT2D eigenvalue weighted by Gasteiger charge is 2.42. The Labute approximate surface area is 131 Å². The van der Waals surface area contributed by atoms with Gasteiger partial charge in [0.25, 0.3) is 0 Å². The van der Waals surface area contributed by atoms with E-state index < -0.39 is 0 Å². The van der Waals surface area contributed by atoms with Gasteiger partial charge in [0.1, 0.15) is 0 Å². The van der Waals surface area contributed by atoms with Crippen molar-refractivity contribution in [2.24, 2.45) is 23.7 Å². The second-order valence-electron chi connectivity index (χ2n) is 7.85. The third kappa shape index (κ3) is 3.79. The first-order valence-electron chi connectivity index (χ1n) is 9.31. The Balaban J connectivity index is 2.29. The van der Waals surface area contributed by atoms with E-state index in [4.69, 9.17) is 0 Å². The molecule has 0 saturated heterocycles. The summed E-state index contributed by atoms with van der Waals surface area (Å²) in [4.78, 5) is 13.0.